The van der Waals surface area contributed by atoms with E-state index in [1.165, 1.54) is 37.3 Å². The van der Waals surface area contributed by atoms with E-state index in [1.807, 2.05) is 6.92 Å². The van der Waals surface area contributed by atoms with Crippen LogP contribution in [0.1, 0.15) is 38.2 Å². The van der Waals surface area contributed by atoms with Crippen LogP contribution < -0.4 is 10.6 Å². The first-order valence-electron chi connectivity index (χ1n) is 7.11. The first-order valence-corrected chi connectivity index (χ1v) is 7.11. The van der Waals surface area contributed by atoms with Crippen molar-refractivity contribution in [2.24, 2.45) is 5.92 Å². The van der Waals surface area contributed by atoms with Gasteiger partial charge in [-0.25, -0.2) is 9.18 Å². The topological polar surface area (TPSA) is 41.1 Å². The molecule has 2 rings (SSSR count). The molecule has 0 bridgehead atoms. The van der Waals surface area contributed by atoms with Crippen molar-refractivity contribution in [1.82, 2.24) is 10.6 Å². The first-order chi connectivity index (χ1) is 9.66. The van der Waals surface area contributed by atoms with E-state index in [1.54, 1.807) is 24.4 Å². The summed E-state index contributed by atoms with van der Waals surface area (Å²) in [6, 6.07) is 6.13. The van der Waals surface area contributed by atoms with Crippen LogP contribution in [0.2, 0.25) is 0 Å². The number of halogens is 1. The number of rotatable bonds is 4. The highest BCUT2D eigenvalue weighted by molar-refractivity contribution is 5.74. The van der Waals surface area contributed by atoms with E-state index in [9.17, 15) is 9.18 Å². The molecule has 0 heterocycles. The lowest BCUT2D eigenvalue weighted by molar-refractivity contribution is 0.243. The summed E-state index contributed by atoms with van der Waals surface area (Å²) in [6.45, 7) is 2.24. The largest absolute Gasteiger partial charge is 0.334 e. The standard InChI is InChI=1S/C16H21FN2O/c1-12(13-6-2-3-7-13)10-18-16(20)19-11-14-8-4-5-9-15(14)17/h4-5,8-10,13H,2-3,6-7,11H2,1H3,(H2,18,19,20)/b12-10+. The van der Waals surface area contributed by atoms with Crippen molar-refractivity contribution in [3.8, 4) is 0 Å². The van der Waals surface area contributed by atoms with Gasteiger partial charge < -0.3 is 10.6 Å². The Balaban J connectivity index is 1.78. The van der Waals surface area contributed by atoms with Gasteiger partial charge in [0.2, 0.25) is 0 Å². The zero-order valence-electron chi connectivity index (χ0n) is 11.8. The molecule has 1 aliphatic carbocycles. The van der Waals surface area contributed by atoms with Gasteiger partial charge in [-0.2, -0.15) is 0 Å². The monoisotopic (exact) mass is 276 g/mol. The zero-order chi connectivity index (χ0) is 14.4. The normalized spacial score (nSPS) is 16.2. The molecule has 0 saturated heterocycles. The van der Waals surface area contributed by atoms with Crippen LogP contribution in [0.3, 0.4) is 0 Å². The van der Waals surface area contributed by atoms with E-state index in [4.69, 9.17) is 0 Å². The quantitative estimate of drug-likeness (QED) is 0.864. The summed E-state index contributed by atoms with van der Waals surface area (Å²) in [6.07, 6.45) is 6.74. The van der Waals surface area contributed by atoms with Crippen molar-refractivity contribution in [2.45, 2.75) is 39.2 Å². The van der Waals surface area contributed by atoms with E-state index in [2.05, 4.69) is 10.6 Å². The fraction of sp³-hybridized carbons (Fsp3) is 0.438. The SMILES string of the molecule is C/C(=C\NC(=O)NCc1ccccc1F)C1CCCC1. The maximum Gasteiger partial charge on any atom is 0.319 e. The van der Waals surface area contributed by atoms with E-state index in [0.717, 1.165) is 0 Å². The number of amides is 2. The molecule has 4 heteroatoms. The Hall–Kier alpha value is -1.84. The van der Waals surface area contributed by atoms with E-state index >= 15 is 0 Å². The maximum absolute atomic E-state index is 13.4. The number of carbonyl (C=O) groups excluding carboxylic acids is 1. The number of hydrogen-bond donors (Lipinski definition) is 2. The second-order valence-electron chi connectivity index (χ2n) is 5.29. The van der Waals surface area contributed by atoms with Gasteiger partial charge in [0, 0.05) is 18.3 Å². The lowest BCUT2D eigenvalue weighted by atomic mass is 10.0. The van der Waals surface area contributed by atoms with Gasteiger partial charge in [-0.15, -0.1) is 0 Å². The minimum atomic E-state index is -0.300. The average molecular weight is 276 g/mol. The molecule has 1 aromatic rings. The highest BCUT2D eigenvalue weighted by Gasteiger charge is 2.16. The minimum absolute atomic E-state index is 0.189. The number of allylic oxidation sites excluding steroid dienone is 1. The molecule has 3 nitrogen and oxygen atoms in total. The second kappa shape index (κ2) is 7.08. The van der Waals surface area contributed by atoms with Crippen molar-refractivity contribution in [1.29, 1.82) is 0 Å². The molecule has 0 unspecified atom stereocenters. The zero-order valence-corrected chi connectivity index (χ0v) is 11.8. The Labute approximate surface area is 119 Å². The van der Waals surface area contributed by atoms with E-state index < -0.39 is 0 Å². The molecule has 0 atom stereocenters. The Morgan fingerprint density at radius 1 is 1.35 bits per heavy atom. The molecular formula is C16H21FN2O. The third-order valence-corrected chi connectivity index (χ3v) is 3.83. The number of hydrogen-bond acceptors (Lipinski definition) is 1. The second-order valence-corrected chi connectivity index (χ2v) is 5.29. The van der Waals surface area contributed by atoms with Gasteiger partial charge >= 0.3 is 6.03 Å². The fourth-order valence-corrected chi connectivity index (χ4v) is 2.55. The van der Waals surface area contributed by atoms with Crippen molar-refractivity contribution >= 4 is 6.03 Å². The fourth-order valence-electron chi connectivity index (χ4n) is 2.55. The highest BCUT2D eigenvalue weighted by Crippen LogP contribution is 2.30. The van der Waals surface area contributed by atoms with Crippen molar-refractivity contribution in [3.63, 3.8) is 0 Å². The number of urea groups is 1. The number of carbonyl (C=O) groups is 1. The third-order valence-electron chi connectivity index (χ3n) is 3.83. The summed E-state index contributed by atoms with van der Waals surface area (Å²) in [5, 5.41) is 5.37. The van der Waals surface area contributed by atoms with Gasteiger partial charge in [0.1, 0.15) is 5.82 Å². The van der Waals surface area contributed by atoms with Gasteiger partial charge in [-0.3, -0.25) is 0 Å². The van der Waals surface area contributed by atoms with Crippen LogP contribution >= 0.6 is 0 Å². The molecule has 20 heavy (non-hydrogen) atoms. The third kappa shape index (κ3) is 4.08. The van der Waals surface area contributed by atoms with Crippen LogP contribution in [0.25, 0.3) is 0 Å². The Bertz CT molecular complexity index is 493. The summed E-state index contributed by atoms with van der Waals surface area (Å²) in [5.74, 6) is 0.298. The summed E-state index contributed by atoms with van der Waals surface area (Å²) >= 11 is 0. The molecule has 1 fully saturated rings. The number of benzene rings is 1. The summed E-state index contributed by atoms with van der Waals surface area (Å²) in [5.41, 5.74) is 1.70. The molecule has 0 radical (unpaired) electrons. The van der Waals surface area contributed by atoms with E-state index in [0.29, 0.717) is 11.5 Å². The molecule has 2 N–H and O–H groups in total. The van der Waals surface area contributed by atoms with Crippen molar-refractivity contribution < 1.29 is 9.18 Å². The number of nitrogens with one attached hydrogen (secondary N) is 2. The van der Waals surface area contributed by atoms with Crippen LogP contribution in [0, 0.1) is 11.7 Å². The highest BCUT2D eigenvalue weighted by atomic mass is 19.1. The Morgan fingerprint density at radius 3 is 2.75 bits per heavy atom. The maximum atomic E-state index is 13.4. The molecule has 1 aromatic carbocycles. The predicted molar refractivity (Wildman–Crippen MR) is 77.5 cm³/mol. The summed E-state index contributed by atoms with van der Waals surface area (Å²) < 4.78 is 13.4. The van der Waals surface area contributed by atoms with Gasteiger partial charge in [0.25, 0.3) is 0 Å². The molecule has 0 aromatic heterocycles. The molecule has 108 valence electrons. The average Bonchev–Trinajstić information content (AvgIpc) is 2.98. The Kier molecular flexibility index (Phi) is 5.16. The van der Waals surface area contributed by atoms with Gasteiger partial charge in [-0.05, 0) is 31.7 Å². The molecule has 0 spiro atoms. The van der Waals surface area contributed by atoms with Gasteiger partial charge in [0.05, 0.1) is 0 Å². The first kappa shape index (κ1) is 14.6. The van der Waals surface area contributed by atoms with Crippen molar-refractivity contribution in [3.05, 3.63) is 47.4 Å². The molecule has 1 saturated carbocycles. The van der Waals surface area contributed by atoms with Crippen LogP contribution in [0.4, 0.5) is 9.18 Å². The van der Waals surface area contributed by atoms with Crippen LogP contribution in [0.15, 0.2) is 36.0 Å². The lowest BCUT2D eigenvalue weighted by Crippen LogP contribution is -2.32. The van der Waals surface area contributed by atoms with Crippen LogP contribution in [0.5, 0.6) is 0 Å². The molecular weight excluding hydrogens is 255 g/mol. The Morgan fingerprint density at radius 2 is 2.05 bits per heavy atom. The van der Waals surface area contributed by atoms with Gasteiger partial charge in [-0.1, -0.05) is 36.6 Å². The smallest absolute Gasteiger partial charge is 0.319 e. The van der Waals surface area contributed by atoms with Crippen LogP contribution in [-0.4, -0.2) is 6.03 Å². The summed E-state index contributed by atoms with van der Waals surface area (Å²) in [7, 11) is 0. The molecule has 2 amide bonds. The lowest BCUT2D eigenvalue weighted by Gasteiger charge is -2.10. The van der Waals surface area contributed by atoms with Gasteiger partial charge in [0.15, 0.2) is 0 Å². The minimum Gasteiger partial charge on any atom is -0.334 e. The molecule has 0 aliphatic heterocycles. The van der Waals surface area contributed by atoms with E-state index in [-0.39, 0.29) is 18.4 Å². The summed E-state index contributed by atoms with van der Waals surface area (Å²) in [4.78, 5) is 11.7. The van der Waals surface area contributed by atoms with Crippen LogP contribution in [-0.2, 0) is 6.54 Å². The van der Waals surface area contributed by atoms with Crippen molar-refractivity contribution in [2.75, 3.05) is 0 Å². The predicted octanol–water partition coefficient (Wildman–Crippen LogP) is 3.72. The molecule has 1 aliphatic rings.